The molecule has 0 aliphatic rings. The van der Waals surface area contributed by atoms with Crippen LogP contribution in [0.1, 0.15) is 37.5 Å². The summed E-state index contributed by atoms with van der Waals surface area (Å²) in [5.41, 5.74) is 9.41. The van der Waals surface area contributed by atoms with Crippen molar-refractivity contribution in [2.45, 2.75) is 40.0 Å². The molecule has 0 heterocycles. The molecule has 0 aliphatic carbocycles. The predicted molar refractivity (Wildman–Crippen MR) is 105 cm³/mol. The van der Waals surface area contributed by atoms with Crippen LogP contribution in [0.25, 0.3) is 22.3 Å². The van der Waals surface area contributed by atoms with Crippen LogP contribution in [-0.2, 0) is 5.41 Å². The van der Waals surface area contributed by atoms with Crippen molar-refractivity contribution < 1.29 is 0 Å². The highest BCUT2D eigenvalue weighted by Crippen LogP contribution is 2.38. The molecule has 0 fully saturated rings. The van der Waals surface area contributed by atoms with Gasteiger partial charge in [0.15, 0.2) is 0 Å². The Kier molecular flexibility index (Phi) is 4.32. The standard InChI is InChI=1S/C24H26/c1-17-10-9-13-20(14-17)23-18(2)15-21(24(3,4)5)16-22(23)19-11-7-6-8-12-19/h6-16H,1-5H3. The molecule has 3 aromatic carbocycles. The first-order valence-corrected chi connectivity index (χ1v) is 8.64. The summed E-state index contributed by atoms with van der Waals surface area (Å²) in [7, 11) is 0. The topological polar surface area (TPSA) is 0 Å². The van der Waals surface area contributed by atoms with Gasteiger partial charge in [0.1, 0.15) is 0 Å². The van der Waals surface area contributed by atoms with Crippen molar-refractivity contribution in [3.8, 4) is 22.3 Å². The number of rotatable bonds is 2. The predicted octanol–water partition coefficient (Wildman–Crippen LogP) is 6.93. The van der Waals surface area contributed by atoms with Crippen molar-refractivity contribution in [2.24, 2.45) is 0 Å². The van der Waals surface area contributed by atoms with E-state index in [1.165, 1.54) is 38.9 Å². The maximum atomic E-state index is 2.38. The normalized spacial score (nSPS) is 11.5. The monoisotopic (exact) mass is 314 g/mol. The van der Waals surface area contributed by atoms with Gasteiger partial charge in [-0.15, -0.1) is 0 Å². The van der Waals surface area contributed by atoms with Crippen LogP contribution in [-0.4, -0.2) is 0 Å². The number of aryl methyl sites for hydroxylation is 2. The summed E-state index contributed by atoms with van der Waals surface area (Å²) in [5, 5.41) is 0. The Labute approximate surface area is 146 Å². The van der Waals surface area contributed by atoms with Gasteiger partial charge in [0.2, 0.25) is 0 Å². The second kappa shape index (κ2) is 6.28. The van der Waals surface area contributed by atoms with E-state index < -0.39 is 0 Å². The fourth-order valence-electron chi connectivity index (χ4n) is 3.25. The lowest BCUT2D eigenvalue weighted by Crippen LogP contribution is -2.12. The third-order valence-electron chi connectivity index (χ3n) is 4.59. The minimum atomic E-state index is 0.138. The van der Waals surface area contributed by atoms with Gasteiger partial charge in [-0.3, -0.25) is 0 Å². The highest BCUT2D eigenvalue weighted by atomic mass is 14.2. The fourth-order valence-corrected chi connectivity index (χ4v) is 3.25. The van der Waals surface area contributed by atoms with Gasteiger partial charge in [0.25, 0.3) is 0 Å². The van der Waals surface area contributed by atoms with Crippen LogP contribution in [0.2, 0.25) is 0 Å². The first-order valence-electron chi connectivity index (χ1n) is 8.64. The Morgan fingerprint density at radius 2 is 1.33 bits per heavy atom. The Morgan fingerprint density at radius 1 is 0.667 bits per heavy atom. The summed E-state index contributed by atoms with van der Waals surface area (Å²) in [6.45, 7) is 11.2. The van der Waals surface area contributed by atoms with E-state index in [4.69, 9.17) is 0 Å². The molecular weight excluding hydrogens is 288 g/mol. The molecule has 3 aromatic rings. The molecule has 0 bridgehead atoms. The third-order valence-corrected chi connectivity index (χ3v) is 4.59. The number of hydrogen-bond donors (Lipinski definition) is 0. The van der Waals surface area contributed by atoms with E-state index in [9.17, 15) is 0 Å². The van der Waals surface area contributed by atoms with Gasteiger partial charge in [-0.05, 0) is 58.7 Å². The van der Waals surface area contributed by atoms with Crippen LogP contribution in [0.3, 0.4) is 0 Å². The van der Waals surface area contributed by atoms with Gasteiger partial charge in [0.05, 0.1) is 0 Å². The lowest BCUT2D eigenvalue weighted by Gasteiger charge is -2.24. The van der Waals surface area contributed by atoms with Crippen molar-refractivity contribution >= 4 is 0 Å². The van der Waals surface area contributed by atoms with Crippen molar-refractivity contribution in [3.63, 3.8) is 0 Å². The van der Waals surface area contributed by atoms with Crippen LogP contribution < -0.4 is 0 Å². The molecule has 0 saturated heterocycles. The average Bonchev–Trinajstić information content (AvgIpc) is 2.54. The van der Waals surface area contributed by atoms with Gasteiger partial charge in [0, 0.05) is 0 Å². The van der Waals surface area contributed by atoms with Crippen LogP contribution >= 0.6 is 0 Å². The van der Waals surface area contributed by atoms with E-state index in [0.29, 0.717) is 0 Å². The molecule has 24 heavy (non-hydrogen) atoms. The van der Waals surface area contributed by atoms with Crippen molar-refractivity contribution in [3.05, 3.63) is 83.4 Å². The molecule has 0 heteroatoms. The van der Waals surface area contributed by atoms with Gasteiger partial charge in [-0.2, -0.15) is 0 Å². The smallest absolute Gasteiger partial charge is 0.00758 e. The number of benzene rings is 3. The zero-order chi connectivity index (χ0) is 17.3. The highest BCUT2D eigenvalue weighted by molar-refractivity contribution is 5.86. The Hall–Kier alpha value is -2.34. The third kappa shape index (κ3) is 3.28. The molecular formula is C24H26. The van der Waals surface area contributed by atoms with E-state index in [1.54, 1.807) is 0 Å². The Bertz CT molecular complexity index is 849. The zero-order valence-corrected chi connectivity index (χ0v) is 15.4. The van der Waals surface area contributed by atoms with Gasteiger partial charge in [-0.1, -0.05) is 87.0 Å². The molecule has 0 spiro atoms. The highest BCUT2D eigenvalue weighted by Gasteiger charge is 2.19. The summed E-state index contributed by atoms with van der Waals surface area (Å²) in [6, 6.07) is 24.3. The van der Waals surface area contributed by atoms with Crippen LogP contribution in [0, 0.1) is 13.8 Å². The molecule has 0 unspecified atom stereocenters. The minimum Gasteiger partial charge on any atom is -0.0622 e. The lowest BCUT2D eigenvalue weighted by atomic mass is 9.81. The summed E-state index contributed by atoms with van der Waals surface area (Å²) >= 11 is 0. The van der Waals surface area contributed by atoms with Gasteiger partial charge in [-0.25, -0.2) is 0 Å². The summed E-state index contributed by atoms with van der Waals surface area (Å²) in [6.07, 6.45) is 0. The lowest BCUT2D eigenvalue weighted by molar-refractivity contribution is 0.590. The first-order chi connectivity index (χ1) is 11.4. The van der Waals surface area contributed by atoms with Crippen molar-refractivity contribution in [1.82, 2.24) is 0 Å². The van der Waals surface area contributed by atoms with Crippen LogP contribution in [0.15, 0.2) is 66.7 Å². The first kappa shape index (κ1) is 16.5. The van der Waals surface area contributed by atoms with Crippen molar-refractivity contribution in [2.75, 3.05) is 0 Å². The summed E-state index contributed by atoms with van der Waals surface area (Å²) < 4.78 is 0. The second-order valence-electron chi connectivity index (χ2n) is 7.70. The minimum absolute atomic E-state index is 0.138. The summed E-state index contributed by atoms with van der Waals surface area (Å²) in [5.74, 6) is 0. The van der Waals surface area contributed by atoms with E-state index in [-0.39, 0.29) is 5.41 Å². The van der Waals surface area contributed by atoms with Gasteiger partial charge < -0.3 is 0 Å². The molecule has 0 saturated carbocycles. The Morgan fingerprint density at radius 3 is 1.96 bits per heavy atom. The second-order valence-corrected chi connectivity index (χ2v) is 7.70. The molecule has 3 rings (SSSR count). The maximum Gasteiger partial charge on any atom is -0.00758 e. The molecule has 0 atom stereocenters. The van der Waals surface area contributed by atoms with Crippen LogP contribution in [0.5, 0.6) is 0 Å². The molecule has 0 aromatic heterocycles. The van der Waals surface area contributed by atoms with Crippen molar-refractivity contribution in [1.29, 1.82) is 0 Å². The Balaban J connectivity index is 2.32. The van der Waals surface area contributed by atoms with E-state index >= 15 is 0 Å². The van der Waals surface area contributed by atoms with Crippen LogP contribution in [0.4, 0.5) is 0 Å². The van der Waals surface area contributed by atoms with Gasteiger partial charge >= 0.3 is 0 Å². The quantitative estimate of drug-likeness (QED) is 0.481. The van der Waals surface area contributed by atoms with E-state index in [2.05, 4.69) is 101 Å². The molecule has 0 nitrogen and oxygen atoms in total. The zero-order valence-electron chi connectivity index (χ0n) is 15.4. The molecule has 0 radical (unpaired) electrons. The average molecular weight is 314 g/mol. The largest absolute Gasteiger partial charge is 0.0622 e. The molecule has 0 N–H and O–H groups in total. The van der Waals surface area contributed by atoms with E-state index in [1.807, 2.05) is 0 Å². The molecule has 0 aliphatic heterocycles. The maximum absolute atomic E-state index is 2.38. The fraction of sp³-hybridized carbons (Fsp3) is 0.250. The SMILES string of the molecule is Cc1cccc(-c2c(C)cc(C(C)(C)C)cc2-c2ccccc2)c1. The van der Waals surface area contributed by atoms with E-state index in [0.717, 1.165) is 0 Å². The number of hydrogen-bond acceptors (Lipinski definition) is 0. The molecule has 0 amide bonds. The summed E-state index contributed by atoms with van der Waals surface area (Å²) in [4.78, 5) is 0. The molecule has 122 valence electrons.